The Bertz CT molecular complexity index is 196. The Morgan fingerprint density at radius 1 is 1.64 bits per heavy atom. The van der Waals surface area contributed by atoms with Crippen LogP contribution in [0.25, 0.3) is 0 Å². The highest BCUT2D eigenvalue weighted by Crippen LogP contribution is 2.02. The van der Waals surface area contributed by atoms with Gasteiger partial charge in [-0.2, -0.15) is 0 Å². The number of ketones is 1. The highest BCUT2D eigenvalue weighted by Gasteiger charge is 2.05. The first-order valence-corrected chi connectivity index (χ1v) is 3.40. The quantitative estimate of drug-likeness (QED) is 0.459. The van der Waals surface area contributed by atoms with Crippen molar-refractivity contribution in [3.05, 3.63) is 21.9 Å². The van der Waals surface area contributed by atoms with Crippen LogP contribution in [0.3, 0.4) is 0 Å². The molecule has 0 N–H and O–H groups in total. The van der Waals surface area contributed by atoms with Gasteiger partial charge in [0.2, 0.25) is 5.70 Å². The summed E-state index contributed by atoms with van der Waals surface area (Å²) in [5, 5.41) is 10.2. The molecule has 0 atom stereocenters. The second kappa shape index (κ2) is 4.60. The molecule has 4 nitrogen and oxygen atoms in total. The molecule has 0 amide bonds. The summed E-state index contributed by atoms with van der Waals surface area (Å²) in [5.74, 6) is -0.0576. The zero-order chi connectivity index (χ0) is 8.85. The Morgan fingerprint density at radius 2 is 2.18 bits per heavy atom. The summed E-state index contributed by atoms with van der Waals surface area (Å²) < 4.78 is 0. The SMILES string of the molecule is CC/C(=C\CC(C)=O)[N+](=O)[O-]. The second-order valence-corrected chi connectivity index (χ2v) is 2.21. The number of hydrogen-bond donors (Lipinski definition) is 0. The molecule has 0 aliphatic carbocycles. The minimum atomic E-state index is -0.455. The van der Waals surface area contributed by atoms with Gasteiger partial charge in [-0.05, 0) is 13.0 Å². The summed E-state index contributed by atoms with van der Waals surface area (Å²) in [5.41, 5.74) is 0.111. The average molecular weight is 157 g/mol. The van der Waals surface area contributed by atoms with Gasteiger partial charge in [0.05, 0.1) is 4.92 Å². The van der Waals surface area contributed by atoms with E-state index in [0.29, 0.717) is 6.42 Å². The Hall–Kier alpha value is -1.19. The fraction of sp³-hybridized carbons (Fsp3) is 0.571. The number of rotatable bonds is 4. The molecule has 0 saturated carbocycles. The molecule has 0 aromatic carbocycles. The van der Waals surface area contributed by atoms with Crippen LogP contribution in [-0.4, -0.2) is 10.7 Å². The lowest BCUT2D eigenvalue weighted by atomic mass is 10.2. The minimum absolute atomic E-state index is 0.0576. The molecule has 0 unspecified atom stereocenters. The van der Waals surface area contributed by atoms with Crippen molar-refractivity contribution < 1.29 is 9.72 Å². The summed E-state index contributed by atoms with van der Waals surface area (Å²) in [6.07, 6.45) is 1.88. The lowest BCUT2D eigenvalue weighted by molar-refractivity contribution is -0.427. The van der Waals surface area contributed by atoms with Crippen LogP contribution in [0, 0.1) is 10.1 Å². The van der Waals surface area contributed by atoms with Crippen molar-refractivity contribution in [3.63, 3.8) is 0 Å². The number of hydrogen-bond acceptors (Lipinski definition) is 3. The molecule has 0 saturated heterocycles. The molecule has 0 heterocycles. The van der Waals surface area contributed by atoms with Crippen molar-refractivity contribution >= 4 is 5.78 Å². The summed E-state index contributed by atoms with van der Waals surface area (Å²) in [6.45, 7) is 3.10. The van der Waals surface area contributed by atoms with Gasteiger partial charge in [0.15, 0.2) is 0 Å². The van der Waals surface area contributed by atoms with Crippen molar-refractivity contribution in [1.29, 1.82) is 0 Å². The third-order valence-corrected chi connectivity index (χ3v) is 1.22. The molecule has 62 valence electrons. The topological polar surface area (TPSA) is 60.2 Å². The van der Waals surface area contributed by atoms with Crippen LogP contribution < -0.4 is 0 Å². The summed E-state index contributed by atoms with van der Waals surface area (Å²) >= 11 is 0. The summed E-state index contributed by atoms with van der Waals surface area (Å²) in [4.78, 5) is 20.1. The van der Waals surface area contributed by atoms with Gasteiger partial charge in [-0.15, -0.1) is 0 Å². The lowest BCUT2D eigenvalue weighted by Crippen LogP contribution is -1.98. The van der Waals surface area contributed by atoms with Gasteiger partial charge in [-0.1, -0.05) is 6.92 Å². The van der Waals surface area contributed by atoms with Crippen molar-refractivity contribution in [2.24, 2.45) is 0 Å². The summed E-state index contributed by atoms with van der Waals surface area (Å²) in [6, 6.07) is 0. The first-order chi connectivity index (χ1) is 5.07. The third-order valence-electron chi connectivity index (χ3n) is 1.22. The monoisotopic (exact) mass is 157 g/mol. The molecule has 0 aliphatic rings. The first-order valence-electron chi connectivity index (χ1n) is 3.40. The van der Waals surface area contributed by atoms with Crippen LogP contribution in [0.1, 0.15) is 26.7 Å². The number of nitrogens with zero attached hydrogens (tertiary/aromatic N) is 1. The first kappa shape index (κ1) is 9.81. The number of carbonyl (C=O) groups is 1. The van der Waals surface area contributed by atoms with Gasteiger partial charge in [0.1, 0.15) is 5.78 Å². The molecule has 0 spiro atoms. The van der Waals surface area contributed by atoms with E-state index in [1.54, 1.807) is 6.92 Å². The Kier molecular flexibility index (Phi) is 4.10. The van der Waals surface area contributed by atoms with Gasteiger partial charge in [0, 0.05) is 12.8 Å². The number of nitro groups is 1. The molecular weight excluding hydrogens is 146 g/mol. The molecule has 0 bridgehead atoms. The largest absolute Gasteiger partial charge is 0.300 e. The zero-order valence-electron chi connectivity index (χ0n) is 6.66. The molecule has 0 rings (SSSR count). The van der Waals surface area contributed by atoms with Crippen molar-refractivity contribution in [3.8, 4) is 0 Å². The second-order valence-electron chi connectivity index (χ2n) is 2.21. The predicted molar refractivity (Wildman–Crippen MR) is 40.7 cm³/mol. The molecule has 0 aliphatic heterocycles. The van der Waals surface area contributed by atoms with Crippen LogP contribution >= 0.6 is 0 Å². The van der Waals surface area contributed by atoms with Crippen molar-refractivity contribution in [2.45, 2.75) is 26.7 Å². The maximum absolute atomic E-state index is 10.4. The molecule has 0 aromatic rings. The van der Waals surface area contributed by atoms with Crippen LogP contribution in [0.4, 0.5) is 0 Å². The summed E-state index contributed by atoms with van der Waals surface area (Å²) in [7, 11) is 0. The van der Waals surface area contributed by atoms with E-state index in [1.165, 1.54) is 13.0 Å². The van der Waals surface area contributed by atoms with E-state index in [2.05, 4.69) is 0 Å². The highest BCUT2D eigenvalue weighted by molar-refractivity contribution is 5.77. The van der Waals surface area contributed by atoms with Gasteiger partial charge in [-0.25, -0.2) is 0 Å². The Morgan fingerprint density at radius 3 is 2.45 bits per heavy atom. The molecular formula is C7H11NO3. The Labute approximate surface area is 65.1 Å². The molecule has 4 heteroatoms. The van der Waals surface area contributed by atoms with Crippen LogP contribution in [-0.2, 0) is 4.79 Å². The van der Waals surface area contributed by atoms with E-state index in [-0.39, 0.29) is 17.9 Å². The van der Waals surface area contributed by atoms with Gasteiger partial charge < -0.3 is 0 Å². The maximum Gasteiger partial charge on any atom is 0.242 e. The fourth-order valence-corrected chi connectivity index (χ4v) is 0.610. The maximum atomic E-state index is 10.4. The highest BCUT2D eigenvalue weighted by atomic mass is 16.6. The third kappa shape index (κ3) is 4.25. The number of allylic oxidation sites excluding steroid dienone is 2. The van der Waals surface area contributed by atoms with Crippen LogP contribution in [0.15, 0.2) is 11.8 Å². The normalized spacial score (nSPS) is 11.3. The van der Waals surface area contributed by atoms with Crippen molar-refractivity contribution in [2.75, 3.05) is 0 Å². The predicted octanol–water partition coefficient (Wildman–Crippen LogP) is 1.54. The van der Waals surface area contributed by atoms with E-state index in [1.807, 2.05) is 0 Å². The molecule has 0 fully saturated rings. The minimum Gasteiger partial charge on any atom is -0.300 e. The van der Waals surface area contributed by atoms with E-state index < -0.39 is 4.92 Å². The molecule has 0 radical (unpaired) electrons. The number of carbonyl (C=O) groups excluding carboxylic acids is 1. The van der Waals surface area contributed by atoms with Gasteiger partial charge in [0.25, 0.3) is 0 Å². The fourth-order valence-electron chi connectivity index (χ4n) is 0.610. The molecule has 0 aromatic heterocycles. The van der Waals surface area contributed by atoms with Crippen LogP contribution in [0.2, 0.25) is 0 Å². The number of Topliss-reactive ketones (excluding diaryl/α,β-unsaturated/α-hetero) is 1. The lowest BCUT2D eigenvalue weighted by Gasteiger charge is -1.91. The van der Waals surface area contributed by atoms with Gasteiger partial charge >= 0.3 is 0 Å². The van der Waals surface area contributed by atoms with Crippen molar-refractivity contribution in [1.82, 2.24) is 0 Å². The zero-order valence-corrected chi connectivity index (χ0v) is 6.66. The average Bonchev–Trinajstić information content (AvgIpc) is 1.87. The standard InChI is InChI=1S/C7H11NO3/c1-3-7(8(10)11)5-4-6(2)9/h5H,3-4H2,1-2H3/b7-5+. The van der Waals surface area contributed by atoms with Crippen LogP contribution in [0.5, 0.6) is 0 Å². The van der Waals surface area contributed by atoms with Gasteiger partial charge in [-0.3, -0.25) is 14.9 Å². The smallest absolute Gasteiger partial charge is 0.242 e. The van der Waals surface area contributed by atoms with E-state index in [4.69, 9.17) is 0 Å². The van der Waals surface area contributed by atoms with E-state index in [9.17, 15) is 14.9 Å². The Balaban J connectivity index is 4.13. The van der Waals surface area contributed by atoms with E-state index in [0.717, 1.165) is 0 Å². The van der Waals surface area contributed by atoms with E-state index >= 15 is 0 Å². The molecule has 11 heavy (non-hydrogen) atoms.